The van der Waals surface area contributed by atoms with Gasteiger partial charge in [-0.3, -0.25) is 10.1 Å². The van der Waals surface area contributed by atoms with Crippen LogP contribution in [0.25, 0.3) is 0 Å². The van der Waals surface area contributed by atoms with Crippen molar-refractivity contribution in [1.82, 2.24) is 0 Å². The van der Waals surface area contributed by atoms with Gasteiger partial charge in [0.25, 0.3) is 0 Å². The van der Waals surface area contributed by atoms with E-state index in [0.29, 0.717) is 0 Å². The lowest BCUT2D eigenvalue weighted by Gasteiger charge is -2.25. The molecule has 1 aromatic rings. The number of rotatable bonds is 14. The summed E-state index contributed by atoms with van der Waals surface area (Å²) in [6.07, 6.45) is 13.3. The Hall–Kier alpha value is -1.38. The van der Waals surface area contributed by atoms with E-state index in [4.69, 9.17) is 0 Å². The molecule has 0 fully saturated rings. The Morgan fingerprint density at radius 3 is 1.75 bits per heavy atom. The van der Waals surface area contributed by atoms with Crippen LogP contribution in [0.15, 0.2) is 30.3 Å². The van der Waals surface area contributed by atoms with Crippen LogP contribution in [0.1, 0.15) is 90.0 Å². The van der Waals surface area contributed by atoms with Crippen LogP contribution in [-0.4, -0.2) is 11.5 Å². The van der Waals surface area contributed by atoms with Crippen molar-refractivity contribution < 1.29 is 4.92 Å². The van der Waals surface area contributed by atoms with Crippen LogP contribution in [0, 0.1) is 10.1 Å². The third-order valence-corrected chi connectivity index (χ3v) is 4.95. The molecule has 0 aliphatic rings. The maximum Gasteiger partial charge on any atom is 0.203 e. The van der Waals surface area contributed by atoms with Crippen LogP contribution < -0.4 is 0 Å². The van der Waals surface area contributed by atoms with E-state index < -0.39 is 0 Å². The normalized spacial score (nSPS) is 11.6. The predicted molar refractivity (Wildman–Crippen MR) is 102 cm³/mol. The summed E-state index contributed by atoms with van der Waals surface area (Å²) in [7, 11) is 0. The summed E-state index contributed by atoms with van der Waals surface area (Å²) in [6, 6.07) is 10.8. The molecule has 0 radical (unpaired) electrons. The van der Waals surface area contributed by atoms with Crippen LogP contribution in [-0.2, 0) is 5.41 Å². The third kappa shape index (κ3) is 9.69. The van der Waals surface area contributed by atoms with Gasteiger partial charge in [-0.2, -0.15) is 0 Å². The second kappa shape index (κ2) is 12.0. The van der Waals surface area contributed by atoms with E-state index >= 15 is 0 Å². The fourth-order valence-corrected chi connectivity index (χ4v) is 3.26. The molecule has 136 valence electrons. The van der Waals surface area contributed by atoms with E-state index in [9.17, 15) is 10.1 Å². The molecular formula is C21H35NO2. The average Bonchev–Trinajstić information content (AvgIpc) is 2.56. The van der Waals surface area contributed by atoms with Crippen molar-refractivity contribution in [3.05, 3.63) is 46.0 Å². The van der Waals surface area contributed by atoms with Gasteiger partial charge in [-0.15, -0.1) is 0 Å². The molecule has 0 amide bonds. The summed E-state index contributed by atoms with van der Waals surface area (Å²) in [6.45, 7) is 4.84. The van der Waals surface area contributed by atoms with E-state index in [1.807, 2.05) is 0 Å². The first kappa shape index (κ1) is 20.7. The molecule has 0 unspecified atom stereocenters. The van der Waals surface area contributed by atoms with Crippen molar-refractivity contribution in [2.24, 2.45) is 0 Å². The Morgan fingerprint density at radius 1 is 0.792 bits per heavy atom. The molecule has 0 N–H and O–H groups in total. The number of hydrogen-bond donors (Lipinski definition) is 0. The zero-order valence-electron chi connectivity index (χ0n) is 15.6. The van der Waals surface area contributed by atoms with Gasteiger partial charge in [-0.1, -0.05) is 95.5 Å². The van der Waals surface area contributed by atoms with Crippen LogP contribution in [0.3, 0.4) is 0 Å². The van der Waals surface area contributed by atoms with Crippen molar-refractivity contribution in [3.63, 3.8) is 0 Å². The summed E-state index contributed by atoms with van der Waals surface area (Å²) < 4.78 is 0. The van der Waals surface area contributed by atoms with Gasteiger partial charge in [0.2, 0.25) is 6.54 Å². The van der Waals surface area contributed by atoms with Crippen molar-refractivity contribution in [2.45, 2.75) is 89.9 Å². The van der Waals surface area contributed by atoms with E-state index in [-0.39, 0.29) is 16.9 Å². The fraction of sp³-hybridized carbons (Fsp3) is 0.714. The van der Waals surface area contributed by atoms with Crippen molar-refractivity contribution in [2.75, 3.05) is 6.54 Å². The highest BCUT2D eigenvalue weighted by Crippen LogP contribution is 2.29. The van der Waals surface area contributed by atoms with Crippen LogP contribution in [0.5, 0.6) is 0 Å². The molecule has 3 nitrogen and oxygen atoms in total. The van der Waals surface area contributed by atoms with E-state index in [1.165, 1.54) is 56.9 Å². The van der Waals surface area contributed by atoms with Crippen molar-refractivity contribution >= 4 is 0 Å². The lowest BCUT2D eigenvalue weighted by Crippen LogP contribution is -2.16. The Balaban J connectivity index is 1.93. The minimum atomic E-state index is -0.209. The largest absolute Gasteiger partial charge is 0.265 e. The molecular weight excluding hydrogens is 298 g/mol. The molecule has 24 heavy (non-hydrogen) atoms. The Morgan fingerprint density at radius 2 is 1.25 bits per heavy atom. The van der Waals surface area contributed by atoms with Gasteiger partial charge in [0.15, 0.2) is 0 Å². The second-order valence-corrected chi connectivity index (χ2v) is 7.59. The number of nitrogens with zero attached hydrogens (tertiary/aromatic N) is 1. The maximum atomic E-state index is 10.2. The molecule has 0 spiro atoms. The zero-order chi connectivity index (χ0) is 17.7. The van der Waals surface area contributed by atoms with Gasteiger partial charge in [-0.05, 0) is 23.8 Å². The van der Waals surface area contributed by atoms with E-state index in [1.54, 1.807) is 0 Å². The summed E-state index contributed by atoms with van der Waals surface area (Å²) in [5, 5.41) is 10.2. The molecule has 0 aromatic heterocycles. The topological polar surface area (TPSA) is 43.1 Å². The molecule has 0 saturated heterocycles. The van der Waals surface area contributed by atoms with E-state index in [2.05, 4.69) is 44.2 Å². The minimum Gasteiger partial charge on any atom is -0.265 e. The second-order valence-electron chi connectivity index (χ2n) is 7.59. The average molecular weight is 334 g/mol. The first-order chi connectivity index (χ1) is 11.5. The molecule has 0 atom stereocenters. The molecule has 0 aliphatic heterocycles. The number of unbranched alkanes of at least 4 members (excludes halogenated alkanes) is 9. The lowest BCUT2D eigenvalue weighted by molar-refractivity contribution is -0.480. The number of benzene rings is 1. The number of hydrogen-bond acceptors (Lipinski definition) is 2. The van der Waals surface area contributed by atoms with Gasteiger partial charge in [0.05, 0.1) is 0 Å². The maximum absolute atomic E-state index is 10.2. The lowest BCUT2D eigenvalue weighted by atomic mass is 9.80. The van der Waals surface area contributed by atoms with Crippen molar-refractivity contribution in [1.29, 1.82) is 0 Å². The first-order valence-electron chi connectivity index (χ1n) is 9.70. The van der Waals surface area contributed by atoms with Gasteiger partial charge < -0.3 is 0 Å². The third-order valence-electron chi connectivity index (χ3n) is 4.95. The van der Waals surface area contributed by atoms with Crippen LogP contribution >= 0.6 is 0 Å². The van der Waals surface area contributed by atoms with Gasteiger partial charge in [-0.25, -0.2) is 0 Å². The summed E-state index contributed by atoms with van der Waals surface area (Å²) in [5.74, 6) is 0. The molecule has 0 saturated carbocycles. The summed E-state index contributed by atoms with van der Waals surface area (Å²) in [4.78, 5) is 10.00. The molecule has 3 heteroatoms. The summed E-state index contributed by atoms with van der Waals surface area (Å²) >= 11 is 0. The standard InChI is InChI=1S/C21H35NO2/c1-21(2,20-16-12-11-13-17-20)18-14-9-7-5-3-4-6-8-10-15-19-22(23)24/h11-13,16-17H,3-10,14-15,18-19H2,1-2H3. The molecule has 0 aliphatic carbocycles. The van der Waals surface area contributed by atoms with Crippen LogP contribution in [0.2, 0.25) is 0 Å². The Bertz CT molecular complexity index is 442. The minimum absolute atomic E-state index is 0.138. The molecule has 0 heterocycles. The Kier molecular flexibility index (Phi) is 10.4. The monoisotopic (exact) mass is 333 g/mol. The first-order valence-corrected chi connectivity index (χ1v) is 9.70. The predicted octanol–water partition coefficient (Wildman–Crippen LogP) is 6.53. The summed E-state index contributed by atoms with van der Waals surface area (Å²) in [5.41, 5.74) is 1.73. The highest BCUT2D eigenvalue weighted by molar-refractivity contribution is 5.23. The molecule has 0 bridgehead atoms. The number of nitro groups is 1. The quantitative estimate of drug-likeness (QED) is 0.220. The van der Waals surface area contributed by atoms with Crippen LogP contribution in [0.4, 0.5) is 0 Å². The Labute approximate surface area is 148 Å². The highest BCUT2D eigenvalue weighted by Gasteiger charge is 2.19. The highest BCUT2D eigenvalue weighted by atomic mass is 16.6. The van der Waals surface area contributed by atoms with Gasteiger partial charge in [0, 0.05) is 11.3 Å². The van der Waals surface area contributed by atoms with Crippen molar-refractivity contribution in [3.8, 4) is 0 Å². The molecule has 1 rings (SSSR count). The van der Waals surface area contributed by atoms with E-state index in [0.717, 1.165) is 19.3 Å². The zero-order valence-corrected chi connectivity index (χ0v) is 15.6. The molecule has 1 aromatic carbocycles. The SMILES string of the molecule is CC(C)(CCCCCCCCCCCC[N+](=O)[O-])c1ccccc1. The van der Waals surface area contributed by atoms with Gasteiger partial charge in [0.1, 0.15) is 0 Å². The smallest absolute Gasteiger partial charge is 0.203 e. The van der Waals surface area contributed by atoms with Gasteiger partial charge >= 0.3 is 0 Å². The fourth-order valence-electron chi connectivity index (χ4n) is 3.26.